The van der Waals surface area contributed by atoms with Crippen molar-refractivity contribution in [2.75, 3.05) is 17.3 Å². The Kier molecular flexibility index (Phi) is 33.2. The lowest BCUT2D eigenvalue weighted by Gasteiger charge is -2.34. The first-order valence-electron chi connectivity index (χ1n) is 22.9. The van der Waals surface area contributed by atoms with E-state index in [4.69, 9.17) is 12.6 Å². The lowest BCUT2D eigenvalue weighted by molar-refractivity contribution is -0.133. The molecule has 7 amide bonds. The fourth-order valence-electron chi connectivity index (χ4n) is 4.27. The number of amides is 7. The standard InChI is InChI=1S/C24H46N4O4S2.C13H28N2OS.C12H22N2O2.H2O.H2S/c1-21(2,3)19(31)25-15(17(29)27-23(7,8)9)13-33-34-14-16(18(30)28-24(10,11)12)26-20(32)22(4,5)6;1-9(12(2,3)4)14-10(8-17)11(16)15-13(5,6)7;1-8(9(15)14-12(5,6)7)13-10(16)11(2,3)4;;/h15-16H,13-14H2,1-12H3,(H,25,31)(H,26,32)(H,27,29)(H,28,30);9-10,14,17H,8H2,1-7H3,(H,15,16);1H2,2-7H3,(H,13,16)(H,14,15);2*1H2/p-2. The number of hydrogen-bond acceptors (Lipinski definition) is 12. The second-order valence-electron chi connectivity index (χ2n) is 25.2. The average molecular weight is 1060 g/mol. The summed E-state index contributed by atoms with van der Waals surface area (Å²) in [6.45, 7) is 50.9. The first-order chi connectivity index (χ1) is 29.4. The van der Waals surface area contributed by atoms with Crippen LogP contribution in [0.5, 0.6) is 0 Å². The van der Waals surface area contributed by atoms with Crippen LogP contribution in [0.15, 0.2) is 12.3 Å². The number of rotatable bonds is 15. The van der Waals surface area contributed by atoms with Crippen molar-refractivity contribution in [3.8, 4) is 0 Å². The molecule has 4 unspecified atom stereocenters. The van der Waals surface area contributed by atoms with Crippen molar-refractivity contribution >= 4 is 89.1 Å². The Morgan fingerprint density at radius 2 is 0.754 bits per heavy atom. The molecule has 0 aliphatic heterocycles. The van der Waals surface area contributed by atoms with Crippen LogP contribution < -0.4 is 42.5 Å². The average Bonchev–Trinajstić information content (AvgIpc) is 3.06. The highest BCUT2D eigenvalue weighted by Gasteiger charge is 2.32. The van der Waals surface area contributed by atoms with E-state index >= 15 is 0 Å². The van der Waals surface area contributed by atoms with Gasteiger partial charge >= 0.3 is 0 Å². The van der Waals surface area contributed by atoms with E-state index in [9.17, 15) is 33.6 Å². The maximum Gasteiger partial charge on any atom is 0.267 e. The molecule has 16 nitrogen and oxygen atoms in total. The summed E-state index contributed by atoms with van der Waals surface area (Å²) in [5.41, 5.74) is -3.04. The maximum absolute atomic E-state index is 12.8. The number of nitrogens with one attached hydrogen (secondary N) is 8. The zero-order valence-electron chi connectivity index (χ0n) is 47.2. The molecule has 0 aromatic carbocycles. The summed E-state index contributed by atoms with van der Waals surface area (Å²) in [5.74, 6) is -0.524. The van der Waals surface area contributed by atoms with E-state index in [2.05, 4.69) is 76.8 Å². The smallest absolute Gasteiger partial charge is 0.267 e. The van der Waals surface area contributed by atoms with Crippen LogP contribution in [0.1, 0.15) is 173 Å². The van der Waals surface area contributed by atoms with Gasteiger partial charge in [-0.3, -0.25) is 33.6 Å². The molecule has 4 atom stereocenters. The van der Waals surface area contributed by atoms with Crippen molar-refractivity contribution in [1.29, 1.82) is 0 Å². The second-order valence-corrected chi connectivity index (χ2v) is 28.1. The van der Waals surface area contributed by atoms with Crippen LogP contribution in [0.2, 0.25) is 0 Å². The fourth-order valence-corrected chi connectivity index (χ4v) is 6.84. The third kappa shape index (κ3) is 38.7. The fraction of sp³-hybridized carbons (Fsp3) is 0.816. The summed E-state index contributed by atoms with van der Waals surface area (Å²) in [6.07, 6.45) is 0. The predicted molar refractivity (Wildman–Crippen MR) is 296 cm³/mol. The van der Waals surface area contributed by atoms with Gasteiger partial charge in [0.15, 0.2) is 0 Å². The largest absolute Gasteiger partial charge is 0.870 e. The topological polar surface area (TPSA) is 246 Å². The van der Waals surface area contributed by atoms with Gasteiger partial charge in [0.05, 0.1) is 11.7 Å². The summed E-state index contributed by atoms with van der Waals surface area (Å²) < 4.78 is 0. The van der Waals surface area contributed by atoms with Gasteiger partial charge in [0.1, 0.15) is 12.1 Å². The van der Waals surface area contributed by atoms with Gasteiger partial charge in [-0.1, -0.05) is 111 Å². The summed E-state index contributed by atoms with van der Waals surface area (Å²) in [7, 11) is 2.75. The van der Waals surface area contributed by atoms with Gasteiger partial charge in [-0.2, -0.15) is 19.2 Å². The first kappa shape index (κ1) is 75.3. The molecule has 0 aromatic rings. The third-order valence-electron chi connectivity index (χ3n) is 8.59. The van der Waals surface area contributed by atoms with Gasteiger partial charge < -0.3 is 60.6 Å². The van der Waals surface area contributed by atoms with Crippen molar-refractivity contribution in [2.24, 2.45) is 21.7 Å². The summed E-state index contributed by atoms with van der Waals surface area (Å²) >= 11 is 5.06. The van der Waals surface area contributed by atoms with Crippen molar-refractivity contribution in [3.63, 3.8) is 0 Å². The minimum Gasteiger partial charge on any atom is -0.870 e. The highest BCUT2D eigenvalue weighted by Crippen LogP contribution is 2.25. The molecule has 0 fully saturated rings. The molecule has 0 radical (unpaired) electrons. The van der Waals surface area contributed by atoms with E-state index in [-0.39, 0.29) is 94.6 Å². The summed E-state index contributed by atoms with van der Waals surface area (Å²) in [5, 5.41) is 23.0. The number of hydrogen-bond donors (Lipinski definition) is 8. The molecule has 0 heterocycles. The Labute approximate surface area is 439 Å². The molecule has 0 aliphatic carbocycles. The molecule has 0 saturated heterocycles. The number of carbonyl (C=O) groups is 7. The minimum absolute atomic E-state index is 0. The van der Waals surface area contributed by atoms with E-state index in [0.717, 1.165) is 0 Å². The van der Waals surface area contributed by atoms with Crippen molar-refractivity contribution in [2.45, 2.75) is 219 Å². The van der Waals surface area contributed by atoms with Gasteiger partial charge in [0, 0.05) is 55.9 Å². The zero-order chi connectivity index (χ0) is 54.1. The number of carbonyl (C=O) groups excluding carboxylic acids is 7. The van der Waals surface area contributed by atoms with Gasteiger partial charge in [-0.15, -0.1) is 0 Å². The molecule has 0 rings (SSSR count). The van der Waals surface area contributed by atoms with Crippen LogP contribution in [-0.2, 0) is 46.2 Å². The van der Waals surface area contributed by atoms with E-state index in [1.807, 2.05) is 83.1 Å². The third-order valence-corrected chi connectivity index (χ3v) is 11.4. The summed E-state index contributed by atoms with van der Waals surface area (Å²) in [4.78, 5) is 85.8. The Balaban J connectivity index is -0.000000327. The monoisotopic (exact) mass is 1050 g/mol. The molecule has 20 heteroatoms. The molecule has 69 heavy (non-hydrogen) atoms. The SMILES string of the molecule is C=C(NC(=O)C(C)(C)C)C(=O)NC(C)(C)C.CC(C)(C)NC(=O)C(CSSCC(NC(=O)C(C)(C)C)C(=O)NC(C)(C)C)NC(=O)C(C)(C)C.CC(NC(C[S-])C(=O)NC(C)(C)C)C(C)(C)C.S.[OH-]. The minimum atomic E-state index is -0.727. The maximum atomic E-state index is 12.8. The quantitative estimate of drug-likeness (QED) is 0.0374. The van der Waals surface area contributed by atoms with Gasteiger partial charge in [0.25, 0.3) is 5.91 Å². The molecule has 0 aromatic heterocycles. The Hall–Kier alpha value is -2.65. The highest BCUT2D eigenvalue weighted by atomic mass is 33.1. The van der Waals surface area contributed by atoms with E-state index in [0.29, 0.717) is 17.3 Å². The lowest BCUT2D eigenvalue weighted by atomic mass is 9.87. The normalized spacial score (nSPS) is 14.0. The predicted octanol–water partition coefficient (Wildman–Crippen LogP) is 6.61. The van der Waals surface area contributed by atoms with Gasteiger partial charge in [0.2, 0.25) is 35.4 Å². The molecule has 408 valence electrons. The van der Waals surface area contributed by atoms with Crippen molar-refractivity contribution < 1.29 is 39.0 Å². The Bertz CT molecular complexity index is 1590. The second kappa shape index (κ2) is 30.4. The molecule has 0 bridgehead atoms. The Morgan fingerprint density at radius 3 is 0.986 bits per heavy atom. The van der Waals surface area contributed by atoms with E-state index in [1.54, 1.807) is 62.3 Å². The zero-order valence-corrected chi connectivity index (χ0v) is 50.6. The van der Waals surface area contributed by atoms with Crippen LogP contribution in [-0.4, -0.2) is 110 Å². The molecule has 0 saturated carbocycles. The molecule has 9 N–H and O–H groups in total. The van der Waals surface area contributed by atoms with Crippen LogP contribution in [0.4, 0.5) is 0 Å². The van der Waals surface area contributed by atoms with E-state index < -0.39 is 39.4 Å². The first-order valence-corrected chi connectivity index (χ1v) is 26.0. The van der Waals surface area contributed by atoms with Crippen LogP contribution in [0.3, 0.4) is 0 Å². The lowest BCUT2D eigenvalue weighted by Crippen LogP contribution is -2.55. The molecular weight excluding hydrogens is 957 g/mol. The van der Waals surface area contributed by atoms with Crippen molar-refractivity contribution in [1.82, 2.24) is 42.5 Å². The van der Waals surface area contributed by atoms with Gasteiger partial charge in [-0.25, -0.2) is 0 Å². The molecule has 0 aliphatic rings. The molecule has 0 spiro atoms. The van der Waals surface area contributed by atoms with Crippen LogP contribution >= 0.6 is 35.1 Å². The van der Waals surface area contributed by atoms with Crippen molar-refractivity contribution in [3.05, 3.63) is 12.3 Å². The van der Waals surface area contributed by atoms with Crippen LogP contribution in [0.25, 0.3) is 0 Å². The Morgan fingerprint density at radius 1 is 0.478 bits per heavy atom. The highest BCUT2D eigenvalue weighted by molar-refractivity contribution is 8.76. The van der Waals surface area contributed by atoms with E-state index in [1.165, 1.54) is 21.6 Å². The molecular formula is C49H98N8O8S4-2. The van der Waals surface area contributed by atoms with Gasteiger partial charge in [-0.05, 0) is 95.4 Å². The van der Waals surface area contributed by atoms with Crippen LogP contribution in [0, 0.1) is 21.7 Å². The summed E-state index contributed by atoms with van der Waals surface area (Å²) in [6, 6.07) is -1.51.